The van der Waals surface area contributed by atoms with Gasteiger partial charge in [0.2, 0.25) is 0 Å². The highest BCUT2D eigenvalue weighted by atomic mass is 16.6. The van der Waals surface area contributed by atoms with Crippen LogP contribution in [0, 0.1) is 10.1 Å². The Kier molecular flexibility index (Phi) is 4.89. The maximum Gasteiger partial charge on any atom is 0.269 e. The van der Waals surface area contributed by atoms with E-state index in [1.54, 1.807) is 38.5 Å². The second-order valence-corrected chi connectivity index (χ2v) is 5.93. The predicted octanol–water partition coefficient (Wildman–Crippen LogP) is 3.65. The first-order chi connectivity index (χ1) is 12.9. The van der Waals surface area contributed by atoms with Crippen LogP contribution < -0.4 is 9.47 Å². The molecule has 0 aliphatic heterocycles. The molecule has 0 saturated carbocycles. The Morgan fingerprint density at radius 3 is 2.41 bits per heavy atom. The molecule has 0 spiro atoms. The van der Waals surface area contributed by atoms with Gasteiger partial charge in [0.25, 0.3) is 11.6 Å². The standard InChI is InChI=1S/C19H17N3O5/c1-21(2)19(23)15-10-14-16(11-18(15)26-3)20-9-8-17(14)27-13-6-4-12(5-7-13)22(24)25/h4-11H,1-3H3. The van der Waals surface area contributed by atoms with Crippen LogP contribution in [-0.4, -0.2) is 41.9 Å². The minimum atomic E-state index is -0.475. The molecule has 8 nitrogen and oxygen atoms in total. The largest absolute Gasteiger partial charge is 0.496 e. The number of benzene rings is 2. The molecule has 27 heavy (non-hydrogen) atoms. The number of hydrogen-bond acceptors (Lipinski definition) is 6. The summed E-state index contributed by atoms with van der Waals surface area (Å²) in [5.41, 5.74) is 0.962. The zero-order valence-corrected chi connectivity index (χ0v) is 15.0. The highest BCUT2D eigenvalue weighted by molar-refractivity contribution is 6.02. The number of rotatable bonds is 5. The van der Waals surface area contributed by atoms with Gasteiger partial charge in [-0.15, -0.1) is 0 Å². The molecule has 0 bridgehead atoms. The van der Waals surface area contributed by atoms with Gasteiger partial charge < -0.3 is 14.4 Å². The molecule has 0 saturated heterocycles. The summed E-state index contributed by atoms with van der Waals surface area (Å²) in [6.45, 7) is 0. The maximum absolute atomic E-state index is 12.5. The molecule has 138 valence electrons. The molecule has 1 amide bonds. The molecule has 0 aliphatic carbocycles. The Labute approximate surface area is 155 Å². The lowest BCUT2D eigenvalue weighted by atomic mass is 10.1. The fourth-order valence-corrected chi connectivity index (χ4v) is 2.58. The minimum absolute atomic E-state index is 0.0226. The lowest BCUT2D eigenvalue weighted by Gasteiger charge is -2.15. The molecule has 0 unspecified atom stereocenters. The van der Waals surface area contributed by atoms with Gasteiger partial charge in [-0.05, 0) is 24.3 Å². The van der Waals surface area contributed by atoms with Gasteiger partial charge in [0.15, 0.2) is 0 Å². The number of fused-ring (bicyclic) bond motifs is 1. The normalized spacial score (nSPS) is 10.5. The van der Waals surface area contributed by atoms with Crippen molar-refractivity contribution in [3.63, 3.8) is 0 Å². The van der Waals surface area contributed by atoms with Crippen LogP contribution in [0.15, 0.2) is 48.7 Å². The molecular formula is C19H17N3O5. The molecule has 0 N–H and O–H groups in total. The van der Waals surface area contributed by atoms with Crippen molar-refractivity contribution in [2.75, 3.05) is 21.2 Å². The topological polar surface area (TPSA) is 94.8 Å². The van der Waals surface area contributed by atoms with Crippen molar-refractivity contribution in [2.45, 2.75) is 0 Å². The van der Waals surface area contributed by atoms with Crippen molar-refractivity contribution >= 4 is 22.5 Å². The fraction of sp³-hybridized carbons (Fsp3) is 0.158. The van der Waals surface area contributed by atoms with Crippen molar-refractivity contribution in [3.05, 3.63) is 64.3 Å². The number of nitrogens with zero attached hydrogens (tertiary/aromatic N) is 3. The third-order valence-electron chi connectivity index (χ3n) is 3.93. The molecular weight excluding hydrogens is 350 g/mol. The third-order valence-corrected chi connectivity index (χ3v) is 3.93. The number of ether oxygens (including phenoxy) is 2. The van der Waals surface area contributed by atoms with E-state index in [-0.39, 0.29) is 11.6 Å². The number of aromatic nitrogens is 1. The first-order valence-corrected chi connectivity index (χ1v) is 8.01. The summed E-state index contributed by atoms with van der Waals surface area (Å²) in [5, 5.41) is 11.4. The molecule has 3 rings (SSSR count). The number of non-ortho nitro benzene ring substituents is 1. The van der Waals surface area contributed by atoms with Gasteiger partial charge >= 0.3 is 0 Å². The number of carbonyl (C=O) groups excluding carboxylic acids is 1. The van der Waals surface area contributed by atoms with Crippen LogP contribution in [0.4, 0.5) is 5.69 Å². The molecule has 8 heteroatoms. The minimum Gasteiger partial charge on any atom is -0.496 e. The van der Waals surface area contributed by atoms with Crippen LogP contribution >= 0.6 is 0 Å². The number of nitro benzene ring substituents is 1. The van der Waals surface area contributed by atoms with Crippen molar-refractivity contribution in [2.24, 2.45) is 0 Å². The van der Waals surface area contributed by atoms with Gasteiger partial charge in [0.05, 0.1) is 23.1 Å². The lowest BCUT2D eigenvalue weighted by Crippen LogP contribution is -2.22. The Bertz CT molecular complexity index is 1020. The predicted molar refractivity (Wildman–Crippen MR) is 99.5 cm³/mol. The quantitative estimate of drug-likeness (QED) is 0.505. The van der Waals surface area contributed by atoms with E-state index in [9.17, 15) is 14.9 Å². The van der Waals surface area contributed by atoms with Crippen molar-refractivity contribution in [1.82, 2.24) is 9.88 Å². The van der Waals surface area contributed by atoms with Crippen LogP contribution in [0.25, 0.3) is 10.9 Å². The van der Waals surface area contributed by atoms with Gasteiger partial charge in [0, 0.05) is 43.9 Å². The van der Waals surface area contributed by atoms with Gasteiger partial charge in [-0.25, -0.2) is 0 Å². The van der Waals surface area contributed by atoms with Crippen molar-refractivity contribution < 1.29 is 19.2 Å². The Hall–Kier alpha value is -3.68. The number of amides is 1. The van der Waals surface area contributed by atoms with Crippen LogP contribution in [0.2, 0.25) is 0 Å². The number of hydrogen-bond donors (Lipinski definition) is 0. The summed E-state index contributed by atoms with van der Waals surface area (Å²) >= 11 is 0. The second-order valence-electron chi connectivity index (χ2n) is 5.93. The fourth-order valence-electron chi connectivity index (χ4n) is 2.58. The summed E-state index contributed by atoms with van der Waals surface area (Å²) in [5.74, 6) is 1.12. The molecule has 0 aliphatic rings. The van der Waals surface area contributed by atoms with Crippen molar-refractivity contribution in [3.8, 4) is 17.2 Å². The van der Waals surface area contributed by atoms with Gasteiger partial charge in [-0.3, -0.25) is 19.9 Å². The molecule has 1 heterocycles. The average molecular weight is 367 g/mol. The van der Waals surface area contributed by atoms with E-state index in [1.165, 1.54) is 36.3 Å². The van der Waals surface area contributed by atoms with Crippen LogP contribution in [0.3, 0.4) is 0 Å². The van der Waals surface area contributed by atoms with Crippen molar-refractivity contribution in [1.29, 1.82) is 0 Å². The summed E-state index contributed by atoms with van der Waals surface area (Å²) in [7, 11) is 4.80. The lowest BCUT2D eigenvalue weighted by molar-refractivity contribution is -0.384. The smallest absolute Gasteiger partial charge is 0.269 e. The molecule has 0 fully saturated rings. The third kappa shape index (κ3) is 3.64. The van der Waals surface area contributed by atoms with E-state index in [2.05, 4.69) is 4.98 Å². The monoisotopic (exact) mass is 367 g/mol. The zero-order valence-electron chi connectivity index (χ0n) is 15.0. The maximum atomic E-state index is 12.5. The highest BCUT2D eigenvalue weighted by Gasteiger charge is 2.18. The van der Waals surface area contributed by atoms with E-state index < -0.39 is 4.92 Å². The number of pyridine rings is 1. The van der Waals surface area contributed by atoms with Crippen LogP contribution in [0.1, 0.15) is 10.4 Å². The van der Waals surface area contributed by atoms with E-state index in [0.717, 1.165) is 0 Å². The summed E-state index contributed by atoms with van der Waals surface area (Å²) < 4.78 is 11.2. The average Bonchev–Trinajstić information content (AvgIpc) is 2.67. The SMILES string of the molecule is COc1cc2nccc(Oc3ccc([N+](=O)[O-])cc3)c2cc1C(=O)N(C)C. The molecule has 2 aromatic carbocycles. The van der Waals surface area contributed by atoms with E-state index >= 15 is 0 Å². The van der Waals surface area contributed by atoms with Crippen LogP contribution in [-0.2, 0) is 0 Å². The van der Waals surface area contributed by atoms with Gasteiger partial charge in [-0.1, -0.05) is 0 Å². The Balaban J connectivity index is 2.06. The highest BCUT2D eigenvalue weighted by Crippen LogP contribution is 2.34. The molecule has 0 atom stereocenters. The van der Waals surface area contributed by atoms with Gasteiger partial charge in [0.1, 0.15) is 17.2 Å². The second kappa shape index (κ2) is 7.28. The summed E-state index contributed by atoms with van der Waals surface area (Å²) in [6, 6.07) is 10.8. The first-order valence-electron chi connectivity index (χ1n) is 8.01. The van der Waals surface area contributed by atoms with Crippen LogP contribution in [0.5, 0.6) is 17.2 Å². The molecule has 3 aromatic rings. The number of carbonyl (C=O) groups is 1. The van der Waals surface area contributed by atoms with E-state index in [4.69, 9.17) is 9.47 Å². The van der Waals surface area contributed by atoms with E-state index in [0.29, 0.717) is 33.7 Å². The summed E-state index contributed by atoms with van der Waals surface area (Å²) in [4.78, 5) is 28.5. The van der Waals surface area contributed by atoms with E-state index in [1.807, 2.05) is 0 Å². The molecule has 1 aromatic heterocycles. The summed E-state index contributed by atoms with van der Waals surface area (Å²) in [6.07, 6.45) is 1.58. The first kappa shape index (κ1) is 18.1. The molecule has 0 radical (unpaired) electrons. The number of nitro groups is 1. The Morgan fingerprint density at radius 1 is 1.11 bits per heavy atom. The Morgan fingerprint density at radius 2 is 1.81 bits per heavy atom. The zero-order chi connectivity index (χ0) is 19.6. The number of methoxy groups -OCH3 is 1. The van der Waals surface area contributed by atoms with Gasteiger partial charge in [-0.2, -0.15) is 0 Å².